The van der Waals surface area contributed by atoms with E-state index in [2.05, 4.69) is 31.2 Å². The highest BCUT2D eigenvalue weighted by molar-refractivity contribution is 9.09. The molecule has 1 aromatic heterocycles. The molecular formula is C33H49BrN8O4. The zero-order chi connectivity index (χ0) is 34.4. The van der Waals surface area contributed by atoms with Crippen LogP contribution < -0.4 is 16.0 Å². The number of guanidine groups is 1. The summed E-state index contributed by atoms with van der Waals surface area (Å²) in [7, 11) is 7.35. The molecule has 3 aromatic rings. The van der Waals surface area contributed by atoms with Crippen LogP contribution in [-0.4, -0.2) is 77.1 Å². The van der Waals surface area contributed by atoms with Gasteiger partial charge in [0.15, 0.2) is 17.7 Å². The van der Waals surface area contributed by atoms with Gasteiger partial charge < -0.3 is 25.0 Å². The summed E-state index contributed by atoms with van der Waals surface area (Å²) in [5, 5.41) is 11.3. The molecule has 0 amide bonds. The molecule has 1 heterocycles. The summed E-state index contributed by atoms with van der Waals surface area (Å²) in [6.45, 7) is 11.0. The van der Waals surface area contributed by atoms with Gasteiger partial charge in [0.25, 0.3) is 0 Å². The third-order valence-electron chi connectivity index (χ3n) is 5.00. The first kappa shape index (κ1) is 41.4. The Balaban J connectivity index is 0.000000725. The Morgan fingerprint density at radius 1 is 0.957 bits per heavy atom. The molecule has 0 saturated carbocycles. The molecular weight excluding hydrogens is 652 g/mol. The van der Waals surface area contributed by atoms with Gasteiger partial charge >= 0.3 is 11.9 Å². The number of nitrogen functional groups attached to an aromatic ring is 1. The second kappa shape index (κ2) is 19.1. The number of aliphatic imine (C=N–C) groups is 1. The molecule has 3 N–H and O–H groups in total. The number of carbonyl (C=O) groups excluding carboxylic acids is 2. The van der Waals surface area contributed by atoms with Gasteiger partial charge in [-0.1, -0.05) is 59.8 Å². The molecule has 252 valence electrons. The molecule has 0 aliphatic rings. The number of imidazole rings is 1. The van der Waals surface area contributed by atoms with E-state index >= 15 is 0 Å². The lowest BCUT2D eigenvalue weighted by atomic mass is 10.2. The van der Waals surface area contributed by atoms with E-state index in [4.69, 9.17) is 20.5 Å². The highest BCUT2D eigenvalue weighted by atomic mass is 79.9. The van der Waals surface area contributed by atoms with E-state index in [9.17, 15) is 9.59 Å². The number of nitrogens with two attached hydrogens (primary N) is 1. The van der Waals surface area contributed by atoms with E-state index in [-0.39, 0.29) is 35.8 Å². The quantitative estimate of drug-likeness (QED) is 0.0793. The fraction of sp³-hybridized carbons (Fsp3) is 0.424. The predicted molar refractivity (Wildman–Crippen MR) is 190 cm³/mol. The van der Waals surface area contributed by atoms with E-state index in [0.29, 0.717) is 11.9 Å². The van der Waals surface area contributed by atoms with E-state index < -0.39 is 11.6 Å². The maximum Gasteiger partial charge on any atom is 0.359 e. The zero-order valence-corrected chi connectivity index (χ0v) is 29.3. The first-order chi connectivity index (χ1) is 20.9. The van der Waals surface area contributed by atoms with Crippen molar-refractivity contribution in [1.29, 1.82) is 5.26 Å². The standard InChI is InChI=1S/C16H22N4O2.C10H12N4.C6H11BrO2.CH4/c1-16(2,3)22-14(21)12-13(17)18-15(19(4)5)20(12)11-9-7-6-8-10-11;1-14(2)10(12-8-11)13-9-6-4-3-5-7-9;1-6(2,3)9-5(8)4-7;/h6-10H,17H2,1-5H3;3-7H,1-2H3,(H,12,13);4H2,1-3H3;1H4. The van der Waals surface area contributed by atoms with Crippen LogP contribution in [0.15, 0.2) is 65.7 Å². The highest BCUT2D eigenvalue weighted by Crippen LogP contribution is 2.27. The molecule has 0 aliphatic carbocycles. The number of para-hydroxylation sites is 2. The molecule has 0 fully saturated rings. The molecule has 0 bridgehead atoms. The second-order valence-electron chi connectivity index (χ2n) is 11.8. The van der Waals surface area contributed by atoms with Crippen molar-refractivity contribution in [3.8, 4) is 11.9 Å². The number of anilines is 2. The summed E-state index contributed by atoms with van der Waals surface area (Å²) < 4.78 is 12.1. The number of rotatable bonds is 5. The minimum absolute atomic E-state index is 0. The molecule has 0 atom stereocenters. The van der Waals surface area contributed by atoms with Gasteiger partial charge in [-0.25, -0.2) is 9.79 Å². The maximum atomic E-state index is 12.5. The van der Waals surface area contributed by atoms with Gasteiger partial charge in [-0.15, -0.1) is 0 Å². The van der Waals surface area contributed by atoms with E-state index in [1.165, 1.54) is 0 Å². The third kappa shape index (κ3) is 14.9. The lowest BCUT2D eigenvalue weighted by Gasteiger charge is -2.21. The SMILES string of the molecule is C.CC(C)(C)OC(=O)CBr.CN(C)C(=Nc1ccccc1)NC#N.CN(C)c1nc(N)c(C(=O)OC(C)(C)C)n1-c1ccccc1. The van der Waals surface area contributed by atoms with Crippen LogP contribution in [0.2, 0.25) is 0 Å². The first-order valence-corrected chi connectivity index (χ1v) is 15.1. The van der Waals surface area contributed by atoms with Crippen LogP contribution in [0.5, 0.6) is 0 Å². The summed E-state index contributed by atoms with van der Waals surface area (Å²) in [5.41, 5.74) is 6.88. The van der Waals surface area contributed by atoms with Gasteiger partial charge in [-0.2, -0.15) is 10.2 Å². The number of carbonyl (C=O) groups is 2. The molecule has 13 heteroatoms. The Bertz CT molecular complexity index is 1440. The number of nitrogens with one attached hydrogen (secondary N) is 1. The predicted octanol–water partition coefficient (Wildman–Crippen LogP) is 6.14. The van der Waals surface area contributed by atoms with Gasteiger partial charge in [-0.3, -0.25) is 14.7 Å². The fourth-order valence-electron chi connectivity index (χ4n) is 3.35. The van der Waals surface area contributed by atoms with Crippen LogP contribution in [-0.2, 0) is 14.3 Å². The Labute approximate surface area is 282 Å². The lowest BCUT2D eigenvalue weighted by molar-refractivity contribution is -0.151. The lowest BCUT2D eigenvalue weighted by Crippen LogP contribution is -2.32. The highest BCUT2D eigenvalue weighted by Gasteiger charge is 2.28. The Morgan fingerprint density at radius 3 is 1.85 bits per heavy atom. The van der Waals surface area contributed by atoms with Crippen LogP contribution in [0.3, 0.4) is 0 Å². The molecule has 0 aliphatic heterocycles. The second-order valence-corrected chi connectivity index (χ2v) is 12.4. The van der Waals surface area contributed by atoms with Gasteiger partial charge in [-0.05, 0) is 65.8 Å². The summed E-state index contributed by atoms with van der Waals surface area (Å²) in [5.74, 6) is 0.544. The number of nitriles is 1. The molecule has 12 nitrogen and oxygen atoms in total. The summed E-state index contributed by atoms with van der Waals surface area (Å²) >= 11 is 2.99. The zero-order valence-electron chi connectivity index (χ0n) is 27.8. The number of hydrogen-bond donors (Lipinski definition) is 2. The fourth-order valence-corrected chi connectivity index (χ4v) is 3.47. The Morgan fingerprint density at radius 2 is 1.46 bits per heavy atom. The van der Waals surface area contributed by atoms with Crippen LogP contribution >= 0.6 is 15.9 Å². The van der Waals surface area contributed by atoms with Gasteiger partial charge in [0.05, 0.1) is 5.69 Å². The molecule has 46 heavy (non-hydrogen) atoms. The number of nitrogens with zero attached hydrogens (tertiary/aromatic N) is 6. The molecule has 0 saturated heterocycles. The average Bonchev–Trinajstić information content (AvgIpc) is 3.30. The van der Waals surface area contributed by atoms with Gasteiger partial charge in [0.1, 0.15) is 16.5 Å². The molecule has 3 rings (SSSR count). The van der Waals surface area contributed by atoms with Gasteiger partial charge in [0.2, 0.25) is 11.9 Å². The van der Waals surface area contributed by atoms with Crippen molar-refractivity contribution in [1.82, 2.24) is 19.8 Å². The first-order valence-electron chi connectivity index (χ1n) is 14.0. The van der Waals surface area contributed by atoms with E-state index in [1.807, 2.05) is 137 Å². The monoisotopic (exact) mass is 700 g/mol. The smallest absolute Gasteiger partial charge is 0.359 e. The van der Waals surface area contributed by atoms with Crippen molar-refractivity contribution in [3.63, 3.8) is 0 Å². The van der Waals surface area contributed by atoms with Crippen LogP contribution in [0.25, 0.3) is 5.69 Å². The summed E-state index contributed by atoms with van der Waals surface area (Å²) in [6, 6.07) is 19.0. The van der Waals surface area contributed by atoms with Crippen molar-refractivity contribution in [2.24, 2.45) is 4.99 Å². The number of hydrogen-bond acceptors (Lipinski definition) is 9. The minimum Gasteiger partial charge on any atom is -0.459 e. The van der Waals surface area contributed by atoms with E-state index in [1.54, 1.807) is 14.4 Å². The molecule has 2 aromatic carbocycles. The average molecular weight is 702 g/mol. The van der Waals surface area contributed by atoms with Crippen molar-refractivity contribution >= 4 is 51.3 Å². The van der Waals surface area contributed by atoms with Crippen molar-refractivity contribution < 1.29 is 19.1 Å². The number of benzene rings is 2. The number of aromatic nitrogens is 2. The number of alkyl halides is 1. The molecule has 0 unspecified atom stereocenters. The van der Waals surface area contributed by atoms with Crippen molar-refractivity contribution in [2.75, 3.05) is 44.2 Å². The number of halogens is 1. The maximum absolute atomic E-state index is 12.5. The number of esters is 2. The summed E-state index contributed by atoms with van der Waals surface area (Å²) in [4.78, 5) is 35.2. The van der Waals surface area contributed by atoms with Gasteiger partial charge in [0, 0.05) is 33.9 Å². The molecule has 0 radical (unpaired) electrons. The van der Waals surface area contributed by atoms with Crippen molar-refractivity contribution in [3.05, 3.63) is 66.4 Å². The largest absolute Gasteiger partial charge is 0.459 e. The Kier molecular flexibility index (Phi) is 17.2. The number of ether oxygens (including phenoxy) is 2. The van der Waals surface area contributed by atoms with Crippen LogP contribution in [0.4, 0.5) is 17.5 Å². The van der Waals surface area contributed by atoms with Crippen LogP contribution in [0, 0.1) is 11.5 Å². The van der Waals surface area contributed by atoms with Crippen molar-refractivity contribution in [2.45, 2.75) is 60.2 Å². The van der Waals surface area contributed by atoms with E-state index in [0.717, 1.165) is 11.4 Å². The molecule has 0 spiro atoms. The van der Waals surface area contributed by atoms with Crippen LogP contribution in [0.1, 0.15) is 59.5 Å². The third-order valence-corrected chi connectivity index (χ3v) is 5.46. The topological polar surface area (TPSA) is 151 Å². The normalized spacial score (nSPS) is 10.8. The summed E-state index contributed by atoms with van der Waals surface area (Å²) in [6.07, 6.45) is 1.85. The Hall–Kier alpha value is -4.57. The minimum atomic E-state index is -0.604.